The van der Waals surface area contributed by atoms with Crippen molar-refractivity contribution in [3.8, 4) is 45.9 Å². The average Bonchev–Trinajstić information content (AvgIpc) is 0.701. The van der Waals surface area contributed by atoms with E-state index in [1.807, 2.05) is 0 Å². The van der Waals surface area contributed by atoms with E-state index in [1.165, 1.54) is 130 Å². The number of rotatable bonds is 15. The number of fused-ring (bicyclic) bond motifs is 10. The predicted octanol–water partition coefficient (Wildman–Crippen LogP) is 33.7. The maximum atomic E-state index is 5.05. The van der Waals surface area contributed by atoms with Gasteiger partial charge in [0.2, 0.25) is 0 Å². The van der Waals surface area contributed by atoms with E-state index in [9.17, 15) is 0 Å². The predicted molar refractivity (Wildman–Crippen MR) is 623 cm³/mol. The first kappa shape index (κ1) is 106. The molecule has 0 aliphatic carbocycles. The van der Waals surface area contributed by atoms with E-state index in [0.29, 0.717) is 35.3 Å². The molecule has 12 aromatic carbocycles. The monoisotopic (exact) mass is 2030 g/mol. The Hall–Kier alpha value is -3.31. The van der Waals surface area contributed by atoms with Crippen LogP contribution in [0, 0.1) is 45.9 Å². The number of halogens is 6. The van der Waals surface area contributed by atoms with Crippen molar-refractivity contribution in [2.75, 3.05) is 35.3 Å². The quantitative estimate of drug-likeness (QED) is 0.0415. The SMILES string of the molecule is C[Si](C)(C)[Si](C#Cc1c2cc3ccccc3cc2c(C#C[Si]([Si](C)(C)C)([Si](C)(C)C)[Si](C)(C)C)c2cc3cc4ccccc4cc3cc12)([Si](C)(C)C)[Si](C)(C)C.C[Si](C)(C)[Si](C#Cc1c2cc3ccccc3cc2c(C#C[Si]([Si](C)(C)C)([Si](C)(C)C)[Si](C)(C)C)c2cc3cc4ccccc4cc3cc12)([Si](C)(C)C)[Si](C)(C)C.ClCCCl.ClCCCl.ClCCCl. The van der Waals surface area contributed by atoms with Gasteiger partial charge in [0, 0.05) is 149 Å². The van der Waals surface area contributed by atoms with Crippen LogP contribution in [-0.2, 0) is 0 Å². The molecule has 0 aliphatic heterocycles. The molecule has 0 saturated heterocycles. The van der Waals surface area contributed by atoms with Crippen LogP contribution in [0.15, 0.2) is 170 Å². The Labute approximate surface area is 795 Å². The first-order valence-corrected chi connectivity index (χ1v) is 110. The summed E-state index contributed by atoms with van der Waals surface area (Å²) in [7, 11) is -19.6. The van der Waals surface area contributed by atoms with Gasteiger partial charge < -0.3 is 0 Å². The molecular weight excluding hydrogens is 1890 g/mol. The maximum Gasteiger partial charge on any atom is 0.115 e. The van der Waals surface area contributed by atoms with Gasteiger partial charge in [0.05, 0.1) is 0 Å². The normalized spacial score (nSPS) is 13.3. The van der Waals surface area contributed by atoms with Crippen LogP contribution >= 0.6 is 69.6 Å². The average molecular weight is 2040 g/mol. The van der Waals surface area contributed by atoms with Gasteiger partial charge in [-0.2, -0.15) is 0 Å². The molecule has 0 fully saturated rings. The van der Waals surface area contributed by atoms with Crippen LogP contribution in [0.2, 0.25) is 236 Å². The third-order valence-corrected chi connectivity index (χ3v) is 305. The molecule has 0 nitrogen and oxygen atoms in total. The molecule has 124 heavy (non-hydrogen) atoms. The summed E-state index contributed by atoms with van der Waals surface area (Å²) in [6.45, 7) is 88.0. The third kappa shape index (κ3) is 21.0. The van der Waals surface area contributed by atoms with Gasteiger partial charge in [-0.25, -0.2) is 0 Å². The highest BCUT2D eigenvalue weighted by Gasteiger charge is 2.65. The lowest BCUT2D eigenvalue weighted by Crippen LogP contribution is -2.82. The van der Waals surface area contributed by atoms with E-state index in [1.54, 1.807) is 0 Å². The van der Waals surface area contributed by atoms with Gasteiger partial charge >= 0.3 is 0 Å². The summed E-state index contributed by atoms with van der Waals surface area (Å²) in [6.07, 6.45) is 0. The lowest BCUT2D eigenvalue weighted by molar-refractivity contribution is 1.52. The van der Waals surface area contributed by atoms with Gasteiger partial charge in [0.25, 0.3) is 0 Å². The van der Waals surface area contributed by atoms with Gasteiger partial charge in [0.1, 0.15) is 26.5 Å². The minimum Gasteiger partial charge on any atom is -0.135 e. The largest absolute Gasteiger partial charge is 0.135 e. The number of alkyl halides is 6. The molecule has 0 unspecified atom stereocenters. The van der Waals surface area contributed by atoms with Crippen molar-refractivity contribution in [1.82, 2.24) is 0 Å². The van der Waals surface area contributed by atoms with Crippen LogP contribution < -0.4 is 0 Å². The molecule has 0 aliphatic rings. The molecule has 0 radical (unpaired) electrons. The Kier molecular flexibility index (Phi) is 33.8. The summed E-state index contributed by atoms with van der Waals surface area (Å²) in [5.74, 6) is 20.3. The van der Waals surface area contributed by atoms with Gasteiger partial charge in [-0.1, -0.05) is 356 Å². The fourth-order valence-corrected chi connectivity index (χ4v) is 398. The van der Waals surface area contributed by atoms with Crippen molar-refractivity contribution >= 4 is 295 Å². The molecule has 0 atom stereocenters. The Balaban J connectivity index is 0.000000272. The lowest BCUT2D eigenvalue weighted by Gasteiger charge is -2.53. The minimum atomic E-state index is -1.97. The van der Waals surface area contributed by atoms with E-state index >= 15 is 0 Å². The van der Waals surface area contributed by atoms with E-state index in [2.05, 4.69) is 451 Å². The van der Waals surface area contributed by atoms with Crippen LogP contribution in [0.5, 0.6) is 0 Å². The van der Waals surface area contributed by atoms with Crippen molar-refractivity contribution in [2.24, 2.45) is 0 Å². The fourth-order valence-electron chi connectivity index (χ4n) is 25.6. The summed E-state index contributed by atoms with van der Waals surface area (Å²) in [6, 6.07) is 65.1. The second-order valence-corrected chi connectivity index (χ2v) is 209. The Bertz CT molecular complexity index is 5320. The summed E-state index contributed by atoms with van der Waals surface area (Å²) >= 11 is 30.3. The highest BCUT2D eigenvalue weighted by Crippen LogP contribution is 2.46. The Morgan fingerprint density at radius 2 is 0.266 bits per heavy atom. The molecular formula is C102H148Cl6Si16. The zero-order chi connectivity index (χ0) is 93.6. The molecule has 0 saturated carbocycles. The van der Waals surface area contributed by atoms with Gasteiger partial charge in [-0.15, -0.1) is 91.8 Å². The summed E-state index contributed by atoms with van der Waals surface area (Å²) in [5, 5.41) is 25.8. The van der Waals surface area contributed by atoms with Crippen LogP contribution in [0.1, 0.15) is 22.3 Å². The number of hydrogen-bond acceptors (Lipinski definition) is 0. The van der Waals surface area contributed by atoms with Crippen LogP contribution in [0.25, 0.3) is 108 Å². The van der Waals surface area contributed by atoms with Crippen LogP contribution in [0.4, 0.5) is 0 Å². The number of hydrogen-bond donors (Lipinski definition) is 0. The first-order chi connectivity index (χ1) is 56.9. The second-order valence-electron chi connectivity index (χ2n) is 47.0. The molecule has 0 amide bonds. The highest BCUT2D eigenvalue weighted by molar-refractivity contribution is 7.94. The molecule has 0 heterocycles. The summed E-state index contributed by atoms with van der Waals surface area (Å²) < 4.78 is 0. The third-order valence-electron chi connectivity index (χ3n) is 26.8. The topological polar surface area (TPSA) is 0 Å². The highest BCUT2D eigenvalue weighted by atomic mass is 35.5. The van der Waals surface area contributed by atoms with E-state index in [4.69, 9.17) is 69.6 Å². The van der Waals surface area contributed by atoms with Crippen molar-refractivity contribution < 1.29 is 0 Å². The van der Waals surface area contributed by atoms with Gasteiger partial charge in [0.15, 0.2) is 0 Å². The fraction of sp³-hybridized carbons (Fsp3) is 0.412. The van der Waals surface area contributed by atoms with Gasteiger partial charge in [-0.05, 0) is 181 Å². The van der Waals surface area contributed by atoms with E-state index in [-0.39, 0.29) is 0 Å². The van der Waals surface area contributed by atoms with Gasteiger partial charge in [-0.3, -0.25) is 0 Å². The van der Waals surface area contributed by atoms with E-state index < -0.39 is 118 Å². The Morgan fingerprint density at radius 1 is 0.161 bits per heavy atom. The van der Waals surface area contributed by atoms with Crippen molar-refractivity contribution in [3.63, 3.8) is 0 Å². The molecule has 22 heteroatoms. The molecule has 662 valence electrons. The molecule has 0 N–H and O–H groups in total. The Morgan fingerprint density at radius 3 is 0.371 bits per heavy atom. The van der Waals surface area contributed by atoms with Crippen molar-refractivity contribution in [1.29, 1.82) is 0 Å². The molecule has 12 aromatic rings. The zero-order valence-electron chi connectivity index (χ0n) is 82.7. The summed E-state index contributed by atoms with van der Waals surface area (Å²) in [5.41, 5.74) is 22.8. The maximum absolute atomic E-state index is 5.05. The van der Waals surface area contributed by atoms with Crippen LogP contribution in [-0.4, -0.2) is 153 Å². The number of benzene rings is 12. The molecule has 12 rings (SSSR count). The standard InChI is InChI=1S/2C48H68Si8.3C2H4Cl2/c2*1-49(2,3)55(50(4,5)6,51(7,8)9)29-27-43-45-33-39-25-21-22-26-40(39)34-46(45)44(28-30-56(52(10,11)12,53(13,14)15)54(16,17)18)48-36-42-32-38-24-20-19-23-37(38)31-41(42)35-47(43)48;3*3-1-2-4/h2*19-26,31-36H,1-18H3;3*1-2H2. The minimum absolute atomic E-state index is 0.557. The second kappa shape index (κ2) is 39.5. The van der Waals surface area contributed by atoms with Crippen molar-refractivity contribution in [2.45, 2.75) is 236 Å². The lowest BCUT2D eigenvalue weighted by atomic mass is 9.88. The van der Waals surface area contributed by atoms with E-state index in [0.717, 1.165) is 0 Å². The molecule has 0 bridgehead atoms. The summed E-state index contributed by atoms with van der Waals surface area (Å²) in [4.78, 5) is 0. The smallest absolute Gasteiger partial charge is 0.115 e. The van der Waals surface area contributed by atoms with Crippen molar-refractivity contribution in [3.05, 3.63) is 192 Å². The zero-order valence-corrected chi connectivity index (χ0v) is 103. The van der Waals surface area contributed by atoms with Crippen LogP contribution in [0.3, 0.4) is 0 Å². The first-order valence-electron chi connectivity index (χ1n) is 44.8. The molecule has 0 spiro atoms. The molecule has 0 aromatic heterocycles.